The summed E-state index contributed by atoms with van der Waals surface area (Å²) in [6.07, 6.45) is 1.57. The molecule has 1 rings (SSSR count). The van der Waals surface area contributed by atoms with Crippen molar-refractivity contribution in [2.75, 3.05) is 40.4 Å². The molecule has 26 heavy (non-hydrogen) atoms. The van der Waals surface area contributed by atoms with Gasteiger partial charge in [0.05, 0.1) is 33.9 Å². The van der Waals surface area contributed by atoms with Crippen molar-refractivity contribution in [2.24, 2.45) is 0 Å². The average Bonchev–Trinajstić information content (AvgIpc) is 2.58. The molecule has 1 aliphatic rings. The van der Waals surface area contributed by atoms with Gasteiger partial charge in [-0.25, -0.2) is 0 Å². The van der Waals surface area contributed by atoms with Crippen LogP contribution in [0.2, 0.25) is 0 Å². The molecule has 0 unspecified atom stereocenters. The minimum absolute atomic E-state index is 0. The highest BCUT2D eigenvalue weighted by atomic mass is 79.9. The fourth-order valence-electron chi connectivity index (χ4n) is 3.05. The highest BCUT2D eigenvalue weighted by molar-refractivity contribution is 4.88. The standard InChI is InChI=1S/C18H38NO6.BrH/c1-4-5-6-7-8-9-10-19(2,3)11-12-24-18-17(23)16(22)15(21)14(13-20)25-18;/h14-18,20-23H,4-13H2,1-3H3;1H/q+1;/p-1/t14-,15-,16+,17-,18-;/m1./s1. The Balaban J connectivity index is 0.00000625. The van der Waals surface area contributed by atoms with Crippen molar-refractivity contribution >= 4 is 0 Å². The molecule has 1 aliphatic heterocycles. The zero-order valence-corrected chi connectivity index (χ0v) is 18.0. The third kappa shape index (κ3) is 8.93. The smallest absolute Gasteiger partial charge is 0.186 e. The molecular weight excluding hydrogens is 406 g/mol. The number of halogens is 1. The summed E-state index contributed by atoms with van der Waals surface area (Å²) in [6.45, 7) is 3.96. The number of likely N-dealkylation sites (N-methyl/N-ethyl adjacent to an activating group) is 1. The number of hydrogen-bond acceptors (Lipinski definition) is 6. The van der Waals surface area contributed by atoms with Gasteiger partial charge in [-0.3, -0.25) is 0 Å². The first-order valence-electron chi connectivity index (χ1n) is 9.56. The molecule has 0 spiro atoms. The number of hydrogen-bond donors (Lipinski definition) is 4. The van der Waals surface area contributed by atoms with Crippen molar-refractivity contribution in [3.8, 4) is 0 Å². The summed E-state index contributed by atoms with van der Waals surface area (Å²) in [5.41, 5.74) is 0. The monoisotopic (exact) mass is 443 g/mol. The van der Waals surface area contributed by atoms with Crippen molar-refractivity contribution in [1.82, 2.24) is 0 Å². The van der Waals surface area contributed by atoms with Crippen molar-refractivity contribution in [3.63, 3.8) is 0 Å². The lowest BCUT2D eigenvalue weighted by Crippen LogP contribution is -3.00. The highest BCUT2D eigenvalue weighted by Crippen LogP contribution is 2.22. The Morgan fingerprint density at radius 1 is 0.885 bits per heavy atom. The van der Waals surface area contributed by atoms with Crippen LogP contribution in [0, 0.1) is 0 Å². The van der Waals surface area contributed by atoms with Gasteiger partial charge in [-0.1, -0.05) is 32.6 Å². The van der Waals surface area contributed by atoms with E-state index in [-0.39, 0.29) is 17.0 Å². The number of aliphatic hydroxyl groups excluding tert-OH is 4. The minimum Gasteiger partial charge on any atom is -1.00 e. The molecule has 1 saturated heterocycles. The van der Waals surface area contributed by atoms with Crippen molar-refractivity contribution in [3.05, 3.63) is 0 Å². The molecule has 0 aromatic carbocycles. The van der Waals surface area contributed by atoms with Gasteiger partial charge in [0, 0.05) is 0 Å². The van der Waals surface area contributed by atoms with E-state index < -0.39 is 37.3 Å². The first-order chi connectivity index (χ1) is 11.8. The minimum atomic E-state index is -1.39. The molecular formula is C18H38BrNO6. The predicted molar refractivity (Wildman–Crippen MR) is 94.9 cm³/mol. The first-order valence-corrected chi connectivity index (χ1v) is 9.56. The van der Waals surface area contributed by atoms with E-state index in [2.05, 4.69) is 21.0 Å². The Bertz CT molecular complexity index is 359. The zero-order chi connectivity index (χ0) is 18.9. The molecule has 1 heterocycles. The average molecular weight is 444 g/mol. The summed E-state index contributed by atoms with van der Waals surface area (Å²) in [6, 6.07) is 0. The van der Waals surface area contributed by atoms with Crippen LogP contribution < -0.4 is 17.0 Å². The van der Waals surface area contributed by atoms with Gasteiger partial charge in [-0.05, 0) is 12.8 Å². The molecule has 0 aliphatic carbocycles. The van der Waals surface area contributed by atoms with Crippen molar-refractivity contribution < 1.29 is 51.4 Å². The summed E-state index contributed by atoms with van der Waals surface area (Å²) in [5, 5.41) is 38.6. The van der Waals surface area contributed by atoms with Crippen LogP contribution in [0.25, 0.3) is 0 Å². The lowest BCUT2D eigenvalue weighted by molar-refractivity contribution is -0.891. The fraction of sp³-hybridized carbons (Fsp3) is 1.00. The molecule has 7 nitrogen and oxygen atoms in total. The molecule has 0 bridgehead atoms. The van der Waals surface area contributed by atoms with Crippen LogP contribution in [0.4, 0.5) is 0 Å². The van der Waals surface area contributed by atoms with E-state index in [1.807, 2.05) is 0 Å². The van der Waals surface area contributed by atoms with Gasteiger partial charge >= 0.3 is 0 Å². The van der Waals surface area contributed by atoms with E-state index in [4.69, 9.17) is 9.47 Å². The van der Waals surface area contributed by atoms with Gasteiger partial charge in [0.2, 0.25) is 0 Å². The normalized spacial score (nSPS) is 29.4. The number of quaternary nitrogens is 1. The van der Waals surface area contributed by atoms with Gasteiger partial charge in [0.1, 0.15) is 31.0 Å². The Morgan fingerprint density at radius 3 is 2.12 bits per heavy atom. The Hall–Kier alpha value is 0.200. The van der Waals surface area contributed by atoms with Crippen LogP contribution in [-0.2, 0) is 9.47 Å². The van der Waals surface area contributed by atoms with Crippen LogP contribution in [-0.4, -0.2) is 96.0 Å². The molecule has 0 radical (unpaired) electrons. The van der Waals surface area contributed by atoms with Crippen LogP contribution in [0.5, 0.6) is 0 Å². The molecule has 4 N–H and O–H groups in total. The lowest BCUT2D eigenvalue weighted by atomic mass is 9.99. The number of nitrogens with zero attached hydrogens (tertiary/aromatic N) is 1. The van der Waals surface area contributed by atoms with Crippen LogP contribution in [0.3, 0.4) is 0 Å². The molecule has 1 fully saturated rings. The highest BCUT2D eigenvalue weighted by Gasteiger charge is 2.44. The van der Waals surface area contributed by atoms with Crippen molar-refractivity contribution in [1.29, 1.82) is 0 Å². The number of aliphatic hydroxyl groups is 4. The maximum Gasteiger partial charge on any atom is 0.186 e. The van der Waals surface area contributed by atoms with Gasteiger partial charge in [-0.2, -0.15) is 0 Å². The predicted octanol–water partition coefficient (Wildman–Crippen LogP) is -2.76. The second-order valence-electron chi connectivity index (χ2n) is 7.72. The maximum absolute atomic E-state index is 9.95. The van der Waals surface area contributed by atoms with E-state index in [0.29, 0.717) is 6.61 Å². The summed E-state index contributed by atoms with van der Waals surface area (Å²) in [5.74, 6) is 0. The molecule has 0 amide bonds. The second kappa shape index (κ2) is 13.4. The molecule has 0 aromatic rings. The van der Waals surface area contributed by atoms with Crippen LogP contribution in [0.15, 0.2) is 0 Å². The maximum atomic E-state index is 9.95. The van der Waals surface area contributed by atoms with Crippen LogP contribution in [0.1, 0.15) is 45.4 Å². The SMILES string of the molecule is CCCCCCCC[N+](C)(C)CCO[C@@H]1O[C@H](CO)[C@@H](O)[C@H](O)[C@H]1O.[Br-]. The van der Waals surface area contributed by atoms with Gasteiger partial charge in [-0.15, -0.1) is 0 Å². The van der Waals surface area contributed by atoms with E-state index in [1.54, 1.807) is 0 Å². The number of ether oxygens (including phenoxy) is 2. The Morgan fingerprint density at radius 2 is 1.50 bits per heavy atom. The Kier molecular flexibility index (Phi) is 13.5. The third-order valence-corrected chi connectivity index (χ3v) is 4.94. The molecule has 8 heteroatoms. The summed E-state index contributed by atoms with van der Waals surface area (Å²) in [4.78, 5) is 0. The topological polar surface area (TPSA) is 99.4 Å². The summed E-state index contributed by atoms with van der Waals surface area (Å²) in [7, 11) is 4.28. The van der Waals surface area contributed by atoms with E-state index in [0.717, 1.165) is 17.6 Å². The summed E-state index contributed by atoms with van der Waals surface area (Å²) < 4.78 is 11.7. The fourth-order valence-corrected chi connectivity index (χ4v) is 3.05. The van der Waals surface area contributed by atoms with Gasteiger partial charge < -0.3 is 51.4 Å². The first kappa shape index (κ1) is 26.2. The van der Waals surface area contributed by atoms with E-state index in [9.17, 15) is 20.4 Å². The largest absolute Gasteiger partial charge is 1.00 e. The molecule has 0 saturated carbocycles. The summed E-state index contributed by atoms with van der Waals surface area (Å²) >= 11 is 0. The lowest BCUT2D eigenvalue weighted by Gasteiger charge is -2.40. The molecule has 158 valence electrons. The quantitative estimate of drug-likeness (QED) is 0.192. The van der Waals surface area contributed by atoms with Gasteiger partial charge in [0.15, 0.2) is 6.29 Å². The van der Waals surface area contributed by atoms with Gasteiger partial charge in [0.25, 0.3) is 0 Å². The van der Waals surface area contributed by atoms with Crippen molar-refractivity contribution in [2.45, 2.75) is 76.2 Å². The van der Waals surface area contributed by atoms with E-state index >= 15 is 0 Å². The van der Waals surface area contributed by atoms with Crippen LogP contribution >= 0.6 is 0 Å². The molecule has 0 aromatic heterocycles. The second-order valence-corrected chi connectivity index (χ2v) is 7.72. The zero-order valence-electron chi connectivity index (χ0n) is 16.4. The molecule has 5 atom stereocenters. The number of rotatable bonds is 12. The third-order valence-electron chi connectivity index (χ3n) is 4.94. The number of unbranched alkanes of at least 4 members (excludes halogenated alkanes) is 5. The Labute approximate surface area is 168 Å². The van der Waals surface area contributed by atoms with E-state index in [1.165, 1.54) is 38.5 Å².